The first-order chi connectivity index (χ1) is 10.6. The van der Waals surface area contributed by atoms with Crippen LogP contribution in [0.2, 0.25) is 0 Å². The zero-order valence-corrected chi connectivity index (χ0v) is 12.7. The average molecular weight is 293 g/mol. The van der Waals surface area contributed by atoms with Crippen LogP contribution in [0.3, 0.4) is 0 Å². The quantitative estimate of drug-likeness (QED) is 0.726. The van der Waals surface area contributed by atoms with Gasteiger partial charge in [0.1, 0.15) is 5.82 Å². The predicted molar refractivity (Wildman–Crippen MR) is 89.8 cm³/mol. The molecule has 0 unspecified atom stereocenters. The second kappa shape index (κ2) is 5.89. The molecule has 0 aliphatic carbocycles. The molecule has 0 radical (unpaired) electrons. The van der Waals surface area contributed by atoms with E-state index < -0.39 is 0 Å². The fraction of sp³-hybridized carbons (Fsp3) is 0.176. The maximum Gasteiger partial charge on any atom is 0.181 e. The zero-order valence-electron chi connectivity index (χ0n) is 12.7. The van der Waals surface area contributed by atoms with Gasteiger partial charge in [-0.15, -0.1) is 0 Å². The van der Waals surface area contributed by atoms with Gasteiger partial charge in [0, 0.05) is 37.5 Å². The summed E-state index contributed by atoms with van der Waals surface area (Å²) in [6, 6.07) is 16.0. The molecular formula is C17H19N5. The molecule has 2 aromatic carbocycles. The lowest BCUT2D eigenvalue weighted by molar-refractivity contribution is 0.973. The lowest BCUT2D eigenvalue weighted by atomic mass is 10.1. The topological polar surface area (TPSA) is 70.8 Å². The second-order valence-corrected chi connectivity index (χ2v) is 5.47. The SMILES string of the molecule is CN(C)c1ccc(-c2n[nH]c(Cc3ccc(N)cc3)n2)cc1. The molecule has 0 saturated carbocycles. The van der Waals surface area contributed by atoms with E-state index in [1.165, 1.54) is 0 Å². The summed E-state index contributed by atoms with van der Waals surface area (Å²) >= 11 is 0. The van der Waals surface area contributed by atoms with Crippen LogP contribution >= 0.6 is 0 Å². The van der Waals surface area contributed by atoms with Crippen molar-refractivity contribution in [1.82, 2.24) is 15.2 Å². The van der Waals surface area contributed by atoms with Gasteiger partial charge in [-0.05, 0) is 42.0 Å². The Bertz CT molecular complexity index is 741. The third kappa shape index (κ3) is 3.09. The van der Waals surface area contributed by atoms with E-state index in [4.69, 9.17) is 5.73 Å². The molecule has 1 aromatic heterocycles. The standard InChI is InChI=1S/C17H19N5/c1-22(2)15-9-5-13(6-10-15)17-19-16(20-21-17)11-12-3-7-14(18)8-4-12/h3-10H,11,18H2,1-2H3,(H,19,20,21). The second-order valence-electron chi connectivity index (χ2n) is 5.47. The van der Waals surface area contributed by atoms with Crippen molar-refractivity contribution in [3.63, 3.8) is 0 Å². The van der Waals surface area contributed by atoms with Crippen LogP contribution in [0.5, 0.6) is 0 Å². The van der Waals surface area contributed by atoms with Crippen LogP contribution in [0, 0.1) is 0 Å². The van der Waals surface area contributed by atoms with E-state index in [1.807, 2.05) is 50.5 Å². The van der Waals surface area contributed by atoms with E-state index in [0.717, 1.165) is 34.2 Å². The van der Waals surface area contributed by atoms with Gasteiger partial charge in [-0.1, -0.05) is 12.1 Å². The number of aromatic nitrogens is 3. The Hall–Kier alpha value is -2.82. The number of rotatable bonds is 4. The van der Waals surface area contributed by atoms with Crippen molar-refractivity contribution in [3.05, 3.63) is 59.9 Å². The Balaban J connectivity index is 1.77. The third-order valence-electron chi connectivity index (χ3n) is 3.52. The number of anilines is 2. The minimum atomic E-state index is 0.711. The summed E-state index contributed by atoms with van der Waals surface area (Å²) in [6.07, 6.45) is 0.711. The van der Waals surface area contributed by atoms with Gasteiger partial charge in [0.2, 0.25) is 0 Å². The van der Waals surface area contributed by atoms with Crippen molar-refractivity contribution in [2.75, 3.05) is 24.7 Å². The van der Waals surface area contributed by atoms with Crippen LogP contribution in [0.15, 0.2) is 48.5 Å². The van der Waals surface area contributed by atoms with E-state index >= 15 is 0 Å². The minimum Gasteiger partial charge on any atom is -0.399 e. The number of nitrogens with two attached hydrogens (primary N) is 1. The van der Waals surface area contributed by atoms with Crippen molar-refractivity contribution < 1.29 is 0 Å². The molecule has 0 spiro atoms. The van der Waals surface area contributed by atoms with Crippen molar-refractivity contribution in [3.8, 4) is 11.4 Å². The fourth-order valence-corrected chi connectivity index (χ4v) is 2.24. The maximum atomic E-state index is 5.69. The molecule has 112 valence electrons. The summed E-state index contributed by atoms with van der Waals surface area (Å²) in [7, 11) is 4.04. The summed E-state index contributed by atoms with van der Waals surface area (Å²) < 4.78 is 0. The Morgan fingerprint density at radius 1 is 1.00 bits per heavy atom. The van der Waals surface area contributed by atoms with Gasteiger partial charge in [-0.3, -0.25) is 5.10 Å². The van der Waals surface area contributed by atoms with Gasteiger partial charge in [0.25, 0.3) is 0 Å². The molecule has 3 rings (SSSR count). The summed E-state index contributed by atoms with van der Waals surface area (Å²) in [5.74, 6) is 1.56. The molecule has 3 N–H and O–H groups in total. The van der Waals surface area contributed by atoms with Crippen molar-refractivity contribution in [2.24, 2.45) is 0 Å². The lowest BCUT2D eigenvalue weighted by Gasteiger charge is -2.11. The smallest absolute Gasteiger partial charge is 0.181 e. The Kier molecular flexibility index (Phi) is 3.78. The number of H-pyrrole nitrogens is 1. The van der Waals surface area contributed by atoms with Gasteiger partial charge in [-0.2, -0.15) is 5.10 Å². The lowest BCUT2D eigenvalue weighted by Crippen LogP contribution is -2.07. The van der Waals surface area contributed by atoms with E-state index in [0.29, 0.717) is 6.42 Å². The Morgan fingerprint density at radius 3 is 2.32 bits per heavy atom. The van der Waals surface area contributed by atoms with Crippen LogP contribution in [-0.2, 0) is 6.42 Å². The first-order valence-electron chi connectivity index (χ1n) is 7.15. The fourth-order valence-electron chi connectivity index (χ4n) is 2.24. The van der Waals surface area contributed by atoms with Crippen molar-refractivity contribution >= 4 is 11.4 Å². The van der Waals surface area contributed by atoms with Crippen LogP contribution in [0.4, 0.5) is 11.4 Å². The number of nitrogen functional groups attached to an aromatic ring is 1. The van der Waals surface area contributed by atoms with Gasteiger partial charge in [0.05, 0.1) is 0 Å². The van der Waals surface area contributed by atoms with Crippen molar-refractivity contribution in [2.45, 2.75) is 6.42 Å². The number of nitrogens with zero attached hydrogens (tertiary/aromatic N) is 3. The van der Waals surface area contributed by atoms with Crippen LogP contribution in [0.25, 0.3) is 11.4 Å². The number of hydrogen-bond acceptors (Lipinski definition) is 4. The van der Waals surface area contributed by atoms with Crippen molar-refractivity contribution in [1.29, 1.82) is 0 Å². The molecule has 22 heavy (non-hydrogen) atoms. The summed E-state index contributed by atoms with van der Waals surface area (Å²) in [4.78, 5) is 6.62. The molecule has 5 nitrogen and oxygen atoms in total. The summed E-state index contributed by atoms with van der Waals surface area (Å²) in [6.45, 7) is 0. The molecule has 0 saturated heterocycles. The molecule has 3 aromatic rings. The monoisotopic (exact) mass is 293 g/mol. The summed E-state index contributed by atoms with van der Waals surface area (Å²) in [5.41, 5.74) is 9.77. The Labute approximate surface area is 129 Å². The van der Waals surface area contributed by atoms with Gasteiger partial charge < -0.3 is 10.6 Å². The highest BCUT2D eigenvalue weighted by Crippen LogP contribution is 2.20. The number of benzene rings is 2. The van der Waals surface area contributed by atoms with E-state index in [2.05, 4.69) is 32.2 Å². The molecule has 0 bridgehead atoms. The van der Waals surface area contributed by atoms with Gasteiger partial charge in [0.15, 0.2) is 5.82 Å². The molecule has 0 amide bonds. The highest BCUT2D eigenvalue weighted by Gasteiger charge is 2.07. The third-order valence-corrected chi connectivity index (χ3v) is 3.52. The number of aromatic amines is 1. The molecule has 0 fully saturated rings. The maximum absolute atomic E-state index is 5.69. The molecule has 0 aliphatic rings. The molecule has 5 heteroatoms. The Morgan fingerprint density at radius 2 is 1.68 bits per heavy atom. The summed E-state index contributed by atoms with van der Waals surface area (Å²) in [5, 5.41) is 7.30. The average Bonchev–Trinajstić information content (AvgIpc) is 2.98. The zero-order chi connectivity index (χ0) is 15.5. The molecule has 1 heterocycles. The van der Waals surface area contributed by atoms with Gasteiger partial charge >= 0.3 is 0 Å². The predicted octanol–water partition coefficient (Wildman–Crippen LogP) is 2.71. The highest BCUT2D eigenvalue weighted by atomic mass is 15.2. The number of hydrogen-bond donors (Lipinski definition) is 2. The first kappa shape index (κ1) is 14.1. The van der Waals surface area contributed by atoms with E-state index in [9.17, 15) is 0 Å². The molecular weight excluding hydrogens is 274 g/mol. The molecule has 0 aliphatic heterocycles. The highest BCUT2D eigenvalue weighted by molar-refractivity contribution is 5.60. The van der Waals surface area contributed by atoms with Crippen LogP contribution in [0.1, 0.15) is 11.4 Å². The van der Waals surface area contributed by atoms with E-state index in [-0.39, 0.29) is 0 Å². The van der Waals surface area contributed by atoms with Gasteiger partial charge in [-0.25, -0.2) is 4.98 Å². The minimum absolute atomic E-state index is 0.711. The first-order valence-corrected chi connectivity index (χ1v) is 7.15. The van der Waals surface area contributed by atoms with Crippen LogP contribution < -0.4 is 10.6 Å². The van der Waals surface area contributed by atoms with E-state index in [1.54, 1.807) is 0 Å². The largest absolute Gasteiger partial charge is 0.399 e. The molecule has 0 atom stereocenters. The number of nitrogens with one attached hydrogen (secondary N) is 1. The normalized spacial score (nSPS) is 10.6. The van der Waals surface area contributed by atoms with Crippen LogP contribution in [-0.4, -0.2) is 29.3 Å².